The Morgan fingerprint density at radius 2 is 1.57 bits per heavy atom. The second-order valence-corrected chi connectivity index (χ2v) is 15.4. The molecule has 0 aromatic heterocycles. The van der Waals surface area contributed by atoms with Crippen molar-refractivity contribution in [3.63, 3.8) is 0 Å². The molecule has 0 amide bonds. The van der Waals surface area contributed by atoms with Gasteiger partial charge in [0.1, 0.15) is 5.75 Å². The van der Waals surface area contributed by atoms with Crippen LogP contribution >= 0.6 is 0 Å². The number of fused-ring (bicyclic) bond motifs is 1. The first-order valence-corrected chi connectivity index (χ1v) is 13.9. The molecule has 1 unspecified atom stereocenters. The van der Waals surface area contributed by atoms with Gasteiger partial charge in [0, 0.05) is 18.1 Å². The Labute approximate surface area is 182 Å². The van der Waals surface area contributed by atoms with Crippen molar-refractivity contribution in [2.75, 3.05) is 7.11 Å². The van der Waals surface area contributed by atoms with Crippen LogP contribution < -0.4 is 4.43 Å². The third-order valence-corrected chi connectivity index (χ3v) is 11.5. The fourth-order valence-corrected chi connectivity index (χ4v) is 5.43. The van der Waals surface area contributed by atoms with Crippen molar-refractivity contribution in [2.45, 2.75) is 78.0 Å². The summed E-state index contributed by atoms with van der Waals surface area (Å²) in [5, 5.41) is 2.36. The molecule has 166 valence electrons. The smallest absolute Gasteiger partial charge is 0.260 e. The molecule has 30 heavy (non-hydrogen) atoms. The Balaban J connectivity index is 2.09. The molecule has 1 heterocycles. The van der Waals surface area contributed by atoms with Crippen LogP contribution in [0.25, 0.3) is 10.8 Å². The highest BCUT2D eigenvalue weighted by Gasteiger charge is 2.69. The predicted octanol–water partition coefficient (Wildman–Crippen LogP) is 7.04. The van der Waals surface area contributed by atoms with E-state index in [0.29, 0.717) is 0 Å². The highest BCUT2D eigenvalue weighted by atomic mass is 28.4. The Morgan fingerprint density at radius 3 is 2.03 bits per heavy atom. The van der Waals surface area contributed by atoms with Crippen LogP contribution in [0.1, 0.15) is 54.0 Å². The molecule has 2 aromatic rings. The van der Waals surface area contributed by atoms with Gasteiger partial charge >= 0.3 is 0 Å². The zero-order valence-electron chi connectivity index (χ0n) is 20.3. The molecule has 4 nitrogen and oxygen atoms in total. The topological polar surface area (TPSA) is 36.9 Å². The quantitative estimate of drug-likeness (QED) is 0.364. The van der Waals surface area contributed by atoms with Crippen LogP contribution in [0, 0.1) is 11.8 Å². The minimum absolute atomic E-state index is 0.139. The molecule has 1 fully saturated rings. The van der Waals surface area contributed by atoms with Crippen molar-refractivity contribution >= 4 is 19.1 Å². The van der Waals surface area contributed by atoms with Crippen LogP contribution in [-0.2, 0) is 20.3 Å². The van der Waals surface area contributed by atoms with E-state index in [9.17, 15) is 0 Å². The van der Waals surface area contributed by atoms with Gasteiger partial charge in [0.25, 0.3) is 14.1 Å². The van der Waals surface area contributed by atoms with Gasteiger partial charge < -0.3 is 9.16 Å². The Hall–Kier alpha value is -1.40. The molecular weight excluding hydrogens is 392 g/mol. The summed E-state index contributed by atoms with van der Waals surface area (Å²) < 4.78 is 12.7. The summed E-state index contributed by atoms with van der Waals surface area (Å²) in [6.45, 7) is 20.0. The van der Waals surface area contributed by atoms with Crippen molar-refractivity contribution in [1.29, 1.82) is 0 Å². The third kappa shape index (κ3) is 3.31. The fraction of sp³-hybridized carbons (Fsp3) is 0.600. The Kier molecular flexibility index (Phi) is 5.91. The van der Waals surface area contributed by atoms with Crippen LogP contribution in [0.3, 0.4) is 0 Å². The molecule has 0 radical (unpaired) electrons. The van der Waals surface area contributed by atoms with Gasteiger partial charge in [0.05, 0.1) is 0 Å². The minimum Gasteiger partial charge on any atom is -0.543 e. The van der Waals surface area contributed by atoms with E-state index in [2.05, 4.69) is 98.0 Å². The van der Waals surface area contributed by atoms with Crippen molar-refractivity contribution in [1.82, 2.24) is 0 Å². The zero-order valence-corrected chi connectivity index (χ0v) is 21.3. The molecule has 1 saturated heterocycles. The maximum absolute atomic E-state index is 6.64. The number of hydrogen-bond donors (Lipinski definition) is 0. The van der Waals surface area contributed by atoms with E-state index in [1.54, 1.807) is 7.11 Å². The monoisotopic (exact) mass is 430 g/mol. The largest absolute Gasteiger partial charge is 0.543 e. The van der Waals surface area contributed by atoms with Crippen LogP contribution in [0.2, 0.25) is 18.1 Å². The minimum atomic E-state index is -1.94. The number of methoxy groups -OCH3 is 1. The molecule has 0 N–H and O–H groups in total. The van der Waals surface area contributed by atoms with Gasteiger partial charge in [0.2, 0.25) is 0 Å². The first-order valence-electron chi connectivity index (χ1n) is 11.0. The third-order valence-electron chi connectivity index (χ3n) is 7.21. The number of hydrogen-bond acceptors (Lipinski definition) is 4. The summed E-state index contributed by atoms with van der Waals surface area (Å²) in [5.41, 5.74) is 0.417. The van der Waals surface area contributed by atoms with E-state index in [0.717, 1.165) is 22.1 Å². The molecule has 5 heteroatoms. The summed E-state index contributed by atoms with van der Waals surface area (Å²) in [7, 11) is -0.240. The second kappa shape index (κ2) is 7.63. The molecule has 0 aliphatic carbocycles. The van der Waals surface area contributed by atoms with Gasteiger partial charge in [-0.25, -0.2) is 4.89 Å². The summed E-state index contributed by atoms with van der Waals surface area (Å²) >= 11 is 0. The van der Waals surface area contributed by atoms with Gasteiger partial charge in [-0.3, -0.25) is 0 Å². The number of rotatable bonds is 6. The fourth-order valence-electron chi connectivity index (χ4n) is 4.39. The average Bonchev–Trinajstić information content (AvgIpc) is 2.60. The van der Waals surface area contributed by atoms with E-state index in [1.807, 2.05) is 0 Å². The first-order chi connectivity index (χ1) is 13.8. The molecule has 0 saturated carbocycles. The van der Waals surface area contributed by atoms with Gasteiger partial charge in [-0.1, -0.05) is 72.7 Å². The summed E-state index contributed by atoms with van der Waals surface area (Å²) in [6.07, 6.45) is 0. The maximum Gasteiger partial charge on any atom is 0.260 e. The summed E-state index contributed by atoms with van der Waals surface area (Å²) in [4.78, 5) is 11.5. The Bertz CT molecular complexity index is 901. The van der Waals surface area contributed by atoms with E-state index >= 15 is 0 Å². The van der Waals surface area contributed by atoms with Gasteiger partial charge in [-0.2, -0.15) is 4.89 Å². The van der Waals surface area contributed by atoms with E-state index in [1.165, 1.54) is 0 Å². The molecule has 1 aliphatic heterocycles. The molecule has 0 spiro atoms. The Morgan fingerprint density at radius 1 is 0.933 bits per heavy atom. The normalized spacial score (nSPS) is 21.9. The van der Waals surface area contributed by atoms with E-state index in [4.69, 9.17) is 18.9 Å². The van der Waals surface area contributed by atoms with Gasteiger partial charge in [-0.15, -0.1) is 0 Å². The van der Waals surface area contributed by atoms with Gasteiger partial charge in [-0.05, 0) is 47.5 Å². The lowest BCUT2D eigenvalue weighted by Gasteiger charge is -2.59. The summed E-state index contributed by atoms with van der Waals surface area (Å²) in [5.74, 6) is 0.451. The van der Waals surface area contributed by atoms with Gasteiger partial charge in [0.15, 0.2) is 5.60 Å². The van der Waals surface area contributed by atoms with Crippen LogP contribution in [-0.4, -0.2) is 21.0 Å². The molecular formula is C25H38O4Si. The van der Waals surface area contributed by atoms with Crippen LogP contribution in [0.4, 0.5) is 0 Å². The van der Waals surface area contributed by atoms with Crippen molar-refractivity contribution in [3.8, 4) is 5.75 Å². The molecule has 1 atom stereocenters. The highest BCUT2D eigenvalue weighted by Crippen LogP contribution is 2.57. The lowest BCUT2D eigenvalue weighted by atomic mass is 9.70. The molecule has 3 rings (SSSR count). The summed E-state index contributed by atoms with van der Waals surface area (Å²) in [6, 6.07) is 12.6. The standard InChI is InChI=1S/C25H38O4Si/c1-17(2)24(18(3)4)25(26-8,29-28-24)20-14-15-21-19(16-20)12-11-13-22(21)27-30(9,10)23(5,6)7/h11-18H,1-10H3. The van der Waals surface area contributed by atoms with Crippen molar-refractivity contribution in [3.05, 3.63) is 42.0 Å². The van der Waals surface area contributed by atoms with Crippen LogP contribution in [0.15, 0.2) is 36.4 Å². The molecule has 0 bridgehead atoms. The first kappa shape index (κ1) is 23.3. The lowest BCUT2D eigenvalue weighted by Crippen LogP contribution is -2.70. The average molecular weight is 431 g/mol. The molecule has 1 aliphatic rings. The van der Waals surface area contributed by atoms with Crippen LogP contribution in [0.5, 0.6) is 5.75 Å². The maximum atomic E-state index is 6.64. The lowest BCUT2D eigenvalue weighted by molar-refractivity contribution is -0.634. The SMILES string of the molecule is COC1(c2ccc3c(O[Si](C)(C)C(C)(C)C)cccc3c2)OOC1(C(C)C)C(C)C. The molecule has 2 aromatic carbocycles. The second-order valence-electron chi connectivity index (χ2n) is 10.6. The number of ether oxygens (including phenoxy) is 1. The predicted molar refractivity (Wildman–Crippen MR) is 125 cm³/mol. The van der Waals surface area contributed by atoms with E-state index in [-0.39, 0.29) is 16.9 Å². The van der Waals surface area contributed by atoms with E-state index < -0.39 is 19.7 Å². The highest BCUT2D eigenvalue weighted by molar-refractivity contribution is 6.74. The zero-order chi connectivity index (χ0) is 22.5. The number of benzene rings is 2. The van der Waals surface area contributed by atoms with Crippen molar-refractivity contribution < 1.29 is 18.9 Å². The van der Waals surface area contributed by atoms with Crippen molar-refractivity contribution in [2.24, 2.45) is 11.8 Å².